The molecule has 0 bridgehead atoms. The van der Waals surface area contributed by atoms with Crippen LogP contribution < -0.4 is 0 Å². The molecular formula is C11H13NS. The van der Waals surface area contributed by atoms with Crippen LogP contribution in [0.5, 0.6) is 0 Å². The van der Waals surface area contributed by atoms with Gasteiger partial charge in [0, 0.05) is 0 Å². The lowest BCUT2D eigenvalue weighted by Crippen LogP contribution is -1.78. The monoisotopic (exact) mass is 191 g/mol. The second-order valence-corrected chi connectivity index (χ2v) is 4.16. The van der Waals surface area contributed by atoms with Crippen molar-refractivity contribution in [3.8, 4) is 0 Å². The molecule has 0 atom stereocenters. The van der Waals surface area contributed by atoms with Crippen molar-refractivity contribution in [3.05, 3.63) is 28.8 Å². The molecule has 2 heteroatoms. The summed E-state index contributed by atoms with van der Waals surface area (Å²) in [6.45, 7) is 4.35. The molecule has 2 rings (SSSR count). The number of hydrogen-bond donors (Lipinski definition) is 0. The fourth-order valence-electron chi connectivity index (χ4n) is 1.48. The molecule has 13 heavy (non-hydrogen) atoms. The van der Waals surface area contributed by atoms with E-state index >= 15 is 0 Å². The molecule has 0 aliphatic rings. The summed E-state index contributed by atoms with van der Waals surface area (Å²) in [5.74, 6) is 0. The molecule has 0 fully saturated rings. The van der Waals surface area contributed by atoms with Gasteiger partial charge in [0.2, 0.25) is 0 Å². The molecule has 0 radical (unpaired) electrons. The number of thiazole rings is 1. The van der Waals surface area contributed by atoms with Crippen LogP contribution in [-0.4, -0.2) is 4.98 Å². The molecule has 0 saturated carbocycles. The third-order valence-corrected chi connectivity index (χ3v) is 3.52. The molecule has 1 aromatic heterocycles. The number of rotatable bonds is 2. The van der Waals surface area contributed by atoms with Gasteiger partial charge in [0.25, 0.3) is 0 Å². The minimum absolute atomic E-state index is 1.04. The third kappa shape index (κ3) is 1.46. The van der Waals surface area contributed by atoms with E-state index in [1.165, 1.54) is 20.8 Å². The van der Waals surface area contributed by atoms with Crippen molar-refractivity contribution in [2.24, 2.45) is 0 Å². The van der Waals surface area contributed by atoms with Gasteiger partial charge in [-0.15, -0.1) is 11.3 Å². The Morgan fingerprint density at radius 3 is 2.77 bits per heavy atom. The maximum atomic E-state index is 4.56. The lowest BCUT2D eigenvalue weighted by Gasteiger charge is -1.95. The Balaban J connectivity index is 2.67. The first-order valence-corrected chi connectivity index (χ1v) is 5.54. The Hall–Kier alpha value is -0.890. The van der Waals surface area contributed by atoms with Gasteiger partial charge in [0.1, 0.15) is 0 Å². The van der Waals surface area contributed by atoms with Gasteiger partial charge in [0.15, 0.2) is 0 Å². The van der Waals surface area contributed by atoms with Crippen molar-refractivity contribution >= 4 is 21.6 Å². The average Bonchev–Trinajstić information content (AvgIpc) is 2.59. The van der Waals surface area contributed by atoms with Gasteiger partial charge in [-0.05, 0) is 24.5 Å². The molecule has 1 heterocycles. The fraction of sp³-hybridized carbons (Fsp3) is 0.364. The Labute approximate surface area is 82.4 Å². The number of nitrogens with zero attached hydrogens (tertiary/aromatic N) is 1. The number of fused-ring (bicyclic) bond motifs is 1. The standard InChI is InChI=1S/C11H13NS/c1-3-8-6-5-7-9-11(8)13-10(4-2)12-9/h5-7H,3-4H2,1-2H3. The van der Waals surface area contributed by atoms with Crippen molar-refractivity contribution in [2.75, 3.05) is 0 Å². The predicted octanol–water partition coefficient (Wildman–Crippen LogP) is 3.42. The Kier molecular flexibility index (Phi) is 2.32. The minimum atomic E-state index is 1.04. The van der Waals surface area contributed by atoms with Crippen molar-refractivity contribution in [2.45, 2.75) is 26.7 Å². The third-order valence-electron chi connectivity index (χ3n) is 2.22. The minimum Gasteiger partial charge on any atom is -0.241 e. The summed E-state index contributed by atoms with van der Waals surface area (Å²) < 4.78 is 1.38. The van der Waals surface area contributed by atoms with Crippen LogP contribution in [0.2, 0.25) is 0 Å². The fourth-order valence-corrected chi connectivity index (χ4v) is 2.57. The molecule has 1 nitrogen and oxygen atoms in total. The van der Waals surface area contributed by atoms with Gasteiger partial charge in [-0.25, -0.2) is 4.98 Å². The number of aromatic nitrogens is 1. The molecule has 68 valence electrons. The van der Waals surface area contributed by atoms with E-state index in [2.05, 4.69) is 37.0 Å². The van der Waals surface area contributed by atoms with Crippen molar-refractivity contribution in [1.82, 2.24) is 4.98 Å². The van der Waals surface area contributed by atoms with E-state index < -0.39 is 0 Å². The first-order valence-electron chi connectivity index (χ1n) is 4.72. The Bertz CT molecular complexity index is 417. The number of benzene rings is 1. The van der Waals surface area contributed by atoms with Gasteiger partial charge in [-0.1, -0.05) is 26.0 Å². The first-order chi connectivity index (χ1) is 6.35. The predicted molar refractivity (Wildman–Crippen MR) is 58.4 cm³/mol. The first kappa shape index (κ1) is 8.70. The SMILES string of the molecule is CCc1nc2cccc(CC)c2s1. The van der Waals surface area contributed by atoms with Crippen LogP contribution >= 0.6 is 11.3 Å². The second-order valence-electron chi connectivity index (χ2n) is 3.08. The molecule has 0 saturated heterocycles. The van der Waals surface area contributed by atoms with Gasteiger partial charge in [-0.2, -0.15) is 0 Å². The van der Waals surface area contributed by atoms with Crippen molar-refractivity contribution in [1.29, 1.82) is 0 Å². The Morgan fingerprint density at radius 2 is 2.08 bits per heavy atom. The molecule has 0 amide bonds. The summed E-state index contributed by atoms with van der Waals surface area (Å²) in [4.78, 5) is 4.56. The highest BCUT2D eigenvalue weighted by molar-refractivity contribution is 7.18. The van der Waals surface area contributed by atoms with E-state index in [0.717, 1.165) is 12.8 Å². The summed E-state index contributed by atoms with van der Waals surface area (Å²) in [6.07, 6.45) is 2.14. The maximum Gasteiger partial charge on any atom is 0.0935 e. The van der Waals surface area contributed by atoms with E-state index in [4.69, 9.17) is 0 Å². The van der Waals surface area contributed by atoms with Crippen LogP contribution in [0.25, 0.3) is 10.2 Å². The second kappa shape index (κ2) is 3.46. The molecular weight excluding hydrogens is 178 g/mol. The zero-order chi connectivity index (χ0) is 9.26. The van der Waals surface area contributed by atoms with Crippen LogP contribution in [0.3, 0.4) is 0 Å². The van der Waals surface area contributed by atoms with Crippen LogP contribution in [0.1, 0.15) is 24.4 Å². The van der Waals surface area contributed by atoms with Gasteiger partial charge in [0.05, 0.1) is 15.2 Å². The molecule has 1 aromatic carbocycles. The molecule has 2 aromatic rings. The zero-order valence-corrected chi connectivity index (χ0v) is 8.82. The normalized spacial score (nSPS) is 10.9. The van der Waals surface area contributed by atoms with Crippen LogP contribution in [0, 0.1) is 0 Å². The Morgan fingerprint density at radius 1 is 1.23 bits per heavy atom. The van der Waals surface area contributed by atoms with Crippen LogP contribution in [0.15, 0.2) is 18.2 Å². The topological polar surface area (TPSA) is 12.9 Å². The molecule has 0 N–H and O–H groups in total. The lowest BCUT2D eigenvalue weighted by molar-refractivity contribution is 1.11. The molecule has 0 aliphatic heterocycles. The zero-order valence-electron chi connectivity index (χ0n) is 8.00. The highest BCUT2D eigenvalue weighted by Gasteiger charge is 2.04. The largest absolute Gasteiger partial charge is 0.241 e. The number of hydrogen-bond acceptors (Lipinski definition) is 2. The van der Waals surface area contributed by atoms with Crippen molar-refractivity contribution in [3.63, 3.8) is 0 Å². The molecule has 0 unspecified atom stereocenters. The van der Waals surface area contributed by atoms with E-state index in [9.17, 15) is 0 Å². The van der Waals surface area contributed by atoms with Gasteiger partial charge < -0.3 is 0 Å². The van der Waals surface area contributed by atoms with E-state index in [0.29, 0.717) is 0 Å². The van der Waals surface area contributed by atoms with Crippen LogP contribution in [0.4, 0.5) is 0 Å². The highest BCUT2D eigenvalue weighted by atomic mass is 32.1. The van der Waals surface area contributed by atoms with E-state index in [1.807, 2.05) is 11.3 Å². The maximum absolute atomic E-state index is 4.56. The summed E-state index contributed by atoms with van der Waals surface area (Å²) >= 11 is 1.84. The molecule has 0 spiro atoms. The highest BCUT2D eigenvalue weighted by Crippen LogP contribution is 2.26. The summed E-state index contributed by atoms with van der Waals surface area (Å²) in [5.41, 5.74) is 2.59. The molecule has 0 aliphatic carbocycles. The quantitative estimate of drug-likeness (QED) is 0.708. The van der Waals surface area contributed by atoms with E-state index in [1.54, 1.807) is 0 Å². The summed E-state index contributed by atoms with van der Waals surface area (Å²) in [7, 11) is 0. The number of aryl methyl sites for hydroxylation is 2. The summed E-state index contributed by atoms with van der Waals surface area (Å²) in [5, 5.41) is 1.25. The van der Waals surface area contributed by atoms with Crippen molar-refractivity contribution < 1.29 is 0 Å². The van der Waals surface area contributed by atoms with Crippen LogP contribution in [-0.2, 0) is 12.8 Å². The van der Waals surface area contributed by atoms with E-state index in [-0.39, 0.29) is 0 Å². The summed E-state index contributed by atoms with van der Waals surface area (Å²) in [6, 6.07) is 6.39. The lowest BCUT2D eigenvalue weighted by atomic mass is 10.2. The van der Waals surface area contributed by atoms with Gasteiger partial charge >= 0.3 is 0 Å². The smallest absolute Gasteiger partial charge is 0.0935 e. The van der Waals surface area contributed by atoms with Gasteiger partial charge in [-0.3, -0.25) is 0 Å². The average molecular weight is 191 g/mol.